The highest BCUT2D eigenvalue weighted by molar-refractivity contribution is 9.10. The molecule has 2 heterocycles. The molecule has 3 aromatic rings. The number of ether oxygens (including phenoxy) is 1. The van der Waals surface area contributed by atoms with Crippen molar-refractivity contribution in [3.63, 3.8) is 0 Å². The summed E-state index contributed by atoms with van der Waals surface area (Å²) >= 11 is 3.43. The van der Waals surface area contributed by atoms with Gasteiger partial charge in [-0.25, -0.2) is 9.78 Å². The first-order valence-electron chi connectivity index (χ1n) is 8.39. The molecule has 1 saturated heterocycles. The van der Waals surface area contributed by atoms with Crippen LogP contribution < -0.4 is 5.32 Å². The molecule has 1 N–H and O–H groups in total. The molecule has 0 radical (unpaired) electrons. The van der Waals surface area contributed by atoms with Crippen LogP contribution in [0.3, 0.4) is 0 Å². The number of amides is 2. The predicted molar refractivity (Wildman–Crippen MR) is 102 cm³/mol. The standard InChI is InChI=1S/C19H18BrN3O3/c1-12-21-16-7-6-15(10-17(16)26-12)22-19(24)23-8-9-25-18(11-23)13-2-4-14(20)5-3-13/h2-7,10,18H,8-9,11H2,1H3,(H,22,24)/t18-/m0/s1. The van der Waals surface area contributed by atoms with Gasteiger partial charge < -0.3 is 19.4 Å². The van der Waals surface area contributed by atoms with Gasteiger partial charge in [-0.1, -0.05) is 28.1 Å². The first kappa shape index (κ1) is 17.1. The molecule has 0 bridgehead atoms. The second kappa shape index (κ2) is 7.09. The number of oxazole rings is 1. The number of urea groups is 1. The Bertz CT molecular complexity index is 939. The summed E-state index contributed by atoms with van der Waals surface area (Å²) < 4.78 is 12.4. The van der Waals surface area contributed by atoms with Crippen molar-refractivity contribution in [2.24, 2.45) is 0 Å². The van der Waals surface area contributed by atoms with E-state index in [0.29, 0.717) is 36.9 Å². The van der Waals surface area contributed by atoms with Crippen molar-refractivity contribution in [2.75, 3.05) is 25.0 Å². The lowest BCUT2D eigenvalue weighted by atomic mass is 10.1. The Labute approximate surface area is 159 Å². The topological polar surface area (TPSA) is 67.6 Å². The SMILES string of the molecule is Cc1nc2ccc(NC(=O)N3CCO[C@H](c4ccc(Br)cc4)C3)cc2o1. The normalized spacial score (nSPS) is 17.5. The van der Waals surface area contributed by atoms with Gasteiger partial charge in [0.25, 0.3) is 0 Å². The molecule has 0 aliphatic carbocycles. The first-order chi connectivity index (χ1) is 12.6. The fraction of sp³-hybridized carbons (Fsp3) is 0.263. The monoisotopic (exact) mass is 415 g/mol. The Hall–Kier alpha value is -2.38. The molecule has 0 unspecified atom stereocenters. The number of halogens is 1. The molecule has 0 saturated carbocycles. The summed E-state index contributed by atoms with van der Waals surface area (Å²) in [6.45, 7) is 3.38. The Balaban J connectivity index is 1.45. The van der Waals surface area contributed by atoms with E-state index in [2.05, 4.69) is 26.2 Å². The van der Waals surface area contributed by atoms with E-state index in [1.807, 2.05) is 36.4 Å². The molecule has 1 aliphatic heterocycles. The van der Waals surface area contributed by atoms with Gasteiger partial charge in [0.15, 0.2) is 11.5 Å². The Kier molecular flexibility index (Phi) is 4.65. The minimum Gasteiger partial charge on any atom is -0.441 e. The van der Waals surface area contributed by atoms with E-state index in [4.69, 9.17) is 9.15 Å². The Morgan fingerprint density at radius 3 is 2.88 bits per heavy atom. The van der Waals surface area contributed by atoms with Crippen molar-refractivity contribution < 1.29 is 13.9 Å². The van der Waals surface area contributed by atoms with E-state index in [1.165, 1.54) is 0 Å². The van der Waals surface area contributed by atoms with Gasteiger partial charge in [0.1, 0.15) is 11.6 Å². The summed E-state index contributed by atoms with van der Waals surface area (Å²) in [5, 5.41) is 2.93. The largest absolute Gasteiger partial charge is 0.441 e. The lowest BCUT2D eigenvalue weighted by molar-refractivity contribution is -0.0135. The average Bonchev–Trinajstić information content (AvgIpc) is 3.02. The molecule has 26 heavy (non-hydrogen) atoms. The molecule has 2 aromatic carbocycles. The number of aryl methyl sites for hydroxylation is 1. The number of anilines is 1. The van der Waals surface area contributed by atoms with E-state index in [9.17, 15) is 4.79 Å². The van der Waals surface area contributed by atoms with Crippen molar-refractivity contribution in [3.8, 4) is 0 Å². The summed E-state index contributed by atoms with van der Waals surface area (Å²) in [4.78, 5) is 18.7. The van der Waals surface area contributed by atoms with Crippen molar-refractivity contribution in [1.82, 2.24) is 9.88 Å². The van der Waals surface area contributed by atoms with Crippen LogP contribution in [-0.2, 0) is 4.74 Å². The summed E-state index contributed by atoms with van der Waals surface area (Å²) in [6.07, 6.45) is -0.123. The molecule has 0 spiro atoms. The number of fused-ring (bicyclic) bond motifs is 1. The molecule has 2 amide bonds. The van der Waals surface area contributed by atoms with Crippen LogP contribution in [0.25, 0.3) is 11.1 Å². The van der Waals surface area contributed by atoms with Crippen LogP contribution in [-0.4, -0.2) is 35.6 Å². The van der Waals surface area contributed by atoms with Gasteiger partial charge in [0, 0.05) is 29.7 Å². The third kappa shape index (κ3) is 3.59. The summed E-state index contributed by atoms with van der Waals surface area (Å²) in [7, 11) is 0. The Morgan fingerprint density at radius 2 is 2.08 bits per heavy atom. The Morgan fingerprint density at radius 1 is 1.27 bits per heavy atom. The van der Waals surface area contributed by atoms with Crippen molar-refractivity contribution in [1.29, 1.82) is 0 Å². The fourth-order valence-corrected chi connectivity index (χ4v) is 3.30. The molecular formula is C19H18BrN3O3. The van der Waals surface area contributed by atoms with E-state index < -0.39 is 0 Å². The molecule has 1 aromatic heterocycles. The van der Waals surface area contributed by atoms with Crippen LogP contribution in [0.5, 0.6) is 0 Å². The fourth-order valence-electron chi connectivity index (χ4n) is 3.03. The van der Waals surface area contributed by atoms with Gasteiger partial charge in [-0.2, -0.15) is 0 Å². The molecule has 134 valence electrons. The van der Waals surface area contributed by atoms with Gasteiger partial charge in [0.2, 0.25) is 0 Å². The molecular weight excluding hydrogens is 398 g/mol. The maximum atomic E-state index is 12.6. The summed E-state index contributed by atoms with van der Waals surface area (Å²) in [5.41, 5.74) is 3.19. The van der Waals surface area contributed by atoms with Crippen LogP contribution in [0.1, 0.15) is 17.6 Å². The number of nitrogens with one attached hydrogen (secondary N) is 1. The first-order valence-corrected chi connectivity index (χ1v) is 9.18. The van der Waals surface area contributed by atoms with Gasteiger partial charge in [-0.3, -0.25) is 0 Å². The van der Waals surface area contributed by atoms with Crippen LogP contribution >= 0.6 is 15.9 Å². The van der Waals surface area contributed by atoms with Crippen molar-refractivity contribution >= 4 is 38.7 Å². The molecule has 6 nitrogen and oxygen atoms in total. The number of hydrogen-bond acceptors (Lipinski definition) is 4. The van der Waals surface area contributed by atoms with E-state index in [1.54, 1.807) is 17.9 Å². The van der Waals surface area contributed by atoms with Crippen LogP contribution in [0.4, 0.5) is 10.5 Å². The minimum atomic E-state index is -0.147. The molecule has 1 aliphatic rings. The third-order valence-corrected chi connectivity index (χ3v) is 4.87. The number of carbonyl (C=O) groups excluding carboxylic acids is 1. The zero-order valence-corrected chi connectivity index (χ0v) is 15.8. The van der Waals surface area contributed by atoms with Crippen molar-refractivity contribution in [3.05, 3.63) is 58.4 Å². The van der Waals surface area contributed by atoms with Crippen LogP contribution in [0, 0.1) is 6.92 Å². The maximum Gasteiger partial charge on any atom is 0.322 e. The summed E-state index contributed by atoms with van der Waals surface area (Å²) in [5.74, 6) is 0.606. The maximum absolute atomic E-state index is 12.6. The lowest BCUT2D eigenvalue weighted by Crippen LogP contribution is -2.44. The highest BCUT2D eigenvalue weighted by Crippen LogP contribution is 2.25. The van der Waals surface area contributed by atoms with Gasteiger partial charge >= 0.3 is 6.03 Å². The van der Waals surface area contributed by atoms with Crippen LogP contribution in [0.2, 0.25) is 0 Å². The van der Waals surface area contributed by atoms with Gasteiger partial charge in [0.05, 0.1) is 13.2 Å². The smallest absolute Gasteiger partial charge is 0.322 e. The van der Waals surface area contributed by atoms with Gasteiger partial charge in [-0.05, 0) is 29.8 Å². The van der Waals surface area contributed by atoms with E-state index in [-0.39, 0.29) is 12.1 Å². The average molecular weight is 416 g/mol. The van der Waals surface area contributed by atoms with Crippen molar-refractivity contribution in [2.45, 2.75) is 13.0 Å². The second-order valence-electron chi connectivity index (χ2n) is 6.20. The molecule has 4 rings (SSSR count). The van der Waals surface area contributed by atoms with Gasteiger partial charge in [-0.15, -0.1) is 0 Å². The molecule has 7 heteroatoms. The van der Waals surface area contributed by atoms with E-state index in [0.717, 1.165) is 15.6 Å². The molecule has 1 fully saturated rings. The van der Waals surface area contributed by atoms with E-state index >= 15 is 0 Å². The number of carbonyl (C=O) groups is 1. The number of morpholine rings is 1. The number of aromatic nitrogens is 1. The zero-order chi connectivity index (χ0) is 18.1. The number of hydrogen-bond donors (Lipinski definition) is 1. The highest BCUT2D eigenvalue weighted by atomic mass is 79.9. The highest BCUT2D eigenvalue weighted by Gasteiger charge is 2.25. The van der Waals surface area contributed by atoms with Crippen LogP contribution in [0.15, 0.2) is 51.4 Å². The zero-order valence-electron chi connectivity index (χ0n) is 14.2. The predicted octanol–water partition coefficient (Wildman–Crippen LogP) is 4.50. The summed E-state index contributed by atoms with van der Waals surface area (Å²) in [6, 6.07) is 13.3. The molecule has 1 atom stereocenters. The lowest BCUT2D eigenvalue weighted by Gasteiger charge is -2.33. The number of rotatable bonds is 2. The minimum absolute atomic E-state index is 0.123. The number of nitrogens with zero attached hydrogens (tertiary/aromatic N) is 2. The quantitative estimate of drug-likeness (QED) is 0.668. The second-order valence-corrected chi connectivity index (χ2v) is 7.12. The number of benzene rings is 2. The third-order valence-electron chi connectivity index (χ3n) is 4.34.